The molecule has 1 unspecified atom stereocenters. The molecule has 0 fully saturated rings. The molecule has 1 amide bonds. The van der Waals surface area contributed by atoms with Gasteiger partial charge in [-0.25, -0.2) is 0 Å². The average molecular weight is 250 g/mol. The van der Waals surface area contributed by atoms with Crippen LogP contribution in [-0.2, 0) is 11.2 Å². The van der Waals surface area contributed by atoms with Gasteiger partial charge in [0.25, 0.3) is 0 Å². The van der Waals surface area contributed by atoms with Crippen LogP contribution in [0.25, 0.3) is 0 Å². The standard InChI is InChI=1S/C14H22N2O2/c1-3-16-14(17)7-8-18-13-6-4-5-12(10-13)9-11(2)15/h4-6,10-11H,3,7-9,15H2,1-2H3,(H,16,17). The second-order valence-electron chi connectivity index (χ2n) is 4.38. The Hall–Kier alpha value is -1.55. The van der Waals surface area contributed by atoms with Crippen LogP contribution in [0.15, 0.2) is 24.3 Å². The maximum Gasteiger partial charge on any atom is 0.223 e. The Morgan fingerprint density at radius 1 is 1.50 bits per heavy atom. The molecule has 1 rings (SSSR count). The Kier molecular flexibility index (Phi) is 6.22. The fourth-order valence-electron chi connectivity index (χ4n) is 1.68. The van der Waals surface area contributed by atoms with Crippen molar-refractivity contribution in [2.45, 2.75) is 32.7 Å². The highest BCUT2D eigenvalue weighted by molar-refractivity contribution is 5.75. The molecule has 0 aliphatic rings. The fraction of sp³-hybridized carbons (Fsp3) is 0.500. The van der Waals surface area contributed by atoms with E-state index in [1.807, 2.05) is 38.1 Å². The lowest BCUT2D eigenvalue weighted by Crippen LogP contribution is -2.24. The Morgan fingerprint density at radius 2 is 2.28 bits per heavy atom. The summed E-state index contributed by atoms with van der Waals surface area (Å²) in [6.45, 7) is 4.93. The van der Waals surface area contributed by atoms with Gasteiger partial charge in [-0.05, 0) is 38.0 Å². The highest BCUT2D eigenvalue weighted by Gasteiger charge is 2.02. The van der Waals surface area contributed by atoms with E-state index in [0.717, 1.165) is 17.7 Å². The summed E-state index contributed by atoms with van der Waals surface area (Å²) in [4.78, 5) is 11.2. The van der Waals surface area contributed by atoms with Crippen LogP contribution in [0.1, 0.15) is 25.8 Å². The van der Waals surface area contributed by atoms with E-state index in [-0.39, 0.29) is 11.9 Å². The number of nitrogens with two attached hydrogens (primary N) is 1. The fourth-order valence-corrected chi connectivity index (χ4v) is 1.68. The molecule has 0 bridgehead atoms. The summed E-state index contributed by atoms with van der Waals surface area (Å²) in [7, 11) is 0. The minimum atomic E-state index is 0.0178. The first-order valence-corrected chi connectivity index (χ1v) is 6.35. The number of hydrogen-bond acceptors (Lipinski definition) is 3. The lowest BCUT2D eigenvalue weighted by molar-refractivity contribution is -0.121. The van der Waals surface area contributed by atoms with Gasteiger partial charge in [0.1, 0.15) is 5.75 Å². The van der Waals surface area contributed by atoms with Crippen LogP contribution in [0.2, 0.25) is 0 Å². The van der Waals surface area contributed by atoms with Gasteiger partial charge in [0.05, 0.1) is 13.0 Å². The van der Waals surface area contributed by atoms with E-state index in [0.29, 0.717) is 19.6 Å². The molecule has 0 radical (unpaired) electrons. The largest absolute Gasteiger partial charge is 0.493 e. The van der Waals surface area contributed by atoms with Crippen molar-refractivity contribution in [3.8, 4) is 5.75 Å². The molecule has 0 saturated carbocycles. The van der Waals surface area contributed by atoms with Crippen molar-refractivity contribution in [3.63, 3.8) is 0 Å². The summed E-state index contributed by atoms with van der Waals surface area (Å²) < 4.78 is 5.54. The monoisotopic (exact) mass is 250 g/mol. The van der Waals surface area contributed by atoms with Crippen molar-refractivity contribution in [2.24, 2.45) is 5.73 Å². The molecular formula is C14H22N2O2. The van der Waals surface area contributed by atoms with E-state index in [9.17, 15) is 4.79 Å². The Balaban J connectivity index is 2.40. The number of benzene rings is 1. The Morgan fingerprint density at radius 3 is 2.94 bits per heavy atom. The highest BCUT2D eigenvalue weighted by atomic mass is 16.5. The summed E-state index contributed by atoms with van der Waals surface area (Å²) in [5, 5.41) is 2.73. The zero-order valence-electron chi connectivity index (χ0n) is 11.1. The number of carbonyl (C=O) groups is 1. The minimum Gasteiger partial charge on any atom is -0.493 e. The first-order valence-electron chi connectivity index (χ1n) is 6.35. The van der Waals surface area contributed by atoms with E-state index in [1.54, 1.807) is 0 Å². The molecule has 1 aromatic rings. The van der Waals surface area contributed by atoms with Crippen molar-refractivity contribution in [1.29, 1.82) is 0 Å². The average Bonchev–Trinajstić information content (AvgIpc) is 2.29. The van der Waals surface area contributed by atoms with Crippen LogP contribution < -0.4 is 15.8 Å². The van der Waals surface area contributed by atoms with E-state index >= 15 is 0 Å². The van der Waals surface area contributed by atoms with Gasteiger partial charge in [-0.1, -0.05) is 12.1 Å². The number of rotatable bonds is 7. The third-order valence-corrected chi connectivity index (χ3v) is 2.43. The number of carbonyl (C=O) groups excluding carboxylic acids is 1. The van der Waals surface area contributed by atoms with Crippen molar-refractivity contribution in [3.05, 3.63) is 29.8 Å². The van der Waals surface area contributed by atoms with E-state index in [4.69, 9.17) is 10.5 Å². The van der Waals surface area contributed by atoms with E-state index in [1.165, 1.54) is 0 Å². The van der Waals surface area contributed by atoms with Crippen LogP contribution in [-0.4, -0.2) is 25.1 Å². The summed E-state index contributed by atoms with van der Waals surface area (Å²) >= 11 is 0. The summed E-state index contributed by atoms with van der Waals surface area (Å²) in [6.07, 6.45) is 1.21. The first-order chi connectivity index (χ1) is 8.61. The maximum atomic E-state index is 11.2. The van der Waals surface area contributed by atoms with Gasteiger partial charge in [-0.2, -0.15) is 0 Å². The lowest BCUT2D eigenvalue weighted by Gasteiger charge is -2.09. The predicted molar refractivity (Wildman–Crippen MR) is 72.6 cm³/mol. The van der Waals surface area contributed by atoms with Crippen LogP contribution in [0.4, 0.5) is 0 Å². The van der Waals surface area contributed by atoms with Gasteiger partial charge in [0.15, 0.2) is 0 Å². The molecule has 3 N–H and O–H groups in total. The molecule has 100 valence electrons. The van der Waals surface area contributed by atoms with Crippen LogP contribution >= 0.6 is 0 Å². The topological polar surface area (TPSA) is 64.3 Å². The number of ether oxygens (including phenoxy) is 1. The third-order valence-electron chi connectivity index (χ3n) is 2.43. The molecule has 1 aromatic carbocycles. The summed E-state index contributed by atoms with van der Waals surface area (Å²) in [6, 6.07) is 7.97. The van der Waals surface area contributed by atoms with Crippen molar-refractivity contribution >= 4 is 5.91 Å². The maximum absolute atomic E-state index is 11.2. The van der Waals surface area contributed by atoms with Gasteiger partial charge in [-0.3, -0.25) is 4.79 Å². The van der Waals surface area contributed by atoms with Gasteiger partial charge >= 0.3 is 0 Å². The molecule has 18 heavy (non-hydrogen) atoms. The molecule has 4 heteroatoms. The zero-order valence-corrected chi connectivity index (χ0v) is 11.1. The number of nitrogens with one attached hydrogen (secondary N) is 1. The molecule has 0 aliphatic carbocycles. The van der Waals surface area contributed by atoms with Crippen LogP contribution in [0.5, 0.6) is 5.75 Å². The molecule has 0 heterocycles. The van der Waals surface area contributed by atoms with Crippen molar-refractivity contribution in [2.75, 3.05) is 13.2 Å². The van der Waals surface area contributed by atoms with Gasteiger partial charge in [0, 0.05) is 12.6 Å². The summed E-state index contributed by atoms with van der Waals surface area (Å²) in [5.74, 6) is 0.807. The highest BCUT2D eigenvalue weighted by Crippen LogP contribution is 2.14. The second kappa shape index (κ2) is 7.71. The number of amides is 1. The van der Waals surface area contributed by atoms with Crippen LogP contribution in [0, 0.1) is 0 Å². The van der Waals surface area contributed by atoms with E-state index < -0.39 is 0 Å². The zero-order chi connectivity index (χ0) is 13.4. The first kappa shape index (κ1) is 14.5. The summed E-state index contributed by atoms with van der Waals surface area (Å²) in [5.41, 5.74) is 6.91. The Labute approximate surface area is 109 Å². The molecular weight excluding hydrogens is 228 g/mol. The molecule has 1 atom stereocenters. The van der Waals surface area contributed by atoms with Gasteiger partial charge < -0.3 is 15.8 Å². The smallest absolute Gasteiger partial charge is 0.223 e. The second-order valence-corrected chi connectivity index (χ2v) is 4.38. The SMILES string of the molecule is CCNC(=O)CCOc1cccc(CC(C)N)c1. The molecule has 0 aliphatic heterocycles. The van der Waals surface area contributed by atoms with Crippen molar-refractivity contribution < 1.29 is 9.53 Å². The van der Waals surface area contributed by atoms with Crippen molar-refractivity contribution in [1.82, 2.24) is 5.32 Å². The van der Waals surface area contributed by atoms with Gasteiger partial charge in [-0.15, -0.1) is 0 Å². The molecule has 0 saturated heterocycles. The molecule has 4 nitrogen and oxygen atoms in total. The minimum absolute atomic E-state index is 0.0178. The van der Waals surface area contributed by atoms with E-state index in [2.05, 4.69) is 5.32 Å². The predicted octanol–water partition coefficient (Wildman–Crippen LogP) is 1.48. The quantitative estimate of drug-likeness (QED) is 0.770. The van der Waals surface area contributed by atoms with Crippen LogP contribution in [0.3, 0.4) is 0 Å². The number of hydrogen-bond donors (Lipinski definition) is 2. The lowest BCUT2D eigenvalue weighted by atomic mass is 10.1. The molecule has 0 aromatic heterocycles. The molecule has 0 spiro atoms. The normalized spacial score (nSPS) is 11.9. The third kappa shape index (κ3) is 5.68. The van der Waals surface area contributed by atoms with Gasteiger partial charge in [0.2, 0.25) is 5.91 Å². The Bertz CT molecular complexity index is 378.